The number of carbonyl (C=O) groups excluding carboxylic acids is 1. The van der Waals surface area contributed by atoms with E-state index >= 15 is 0 Å². The molecule has 4 nitrogen and oxygen atoms in total. The van der Waals surface area contributed by atoms with Crippen molar-refractivity contribution in [2.45, 2.75) is 13.0 Å². The third-order valence-corrected chi connectivity index (χ3v) is 4.99. The quantitative estimate of drug-likeness (QED) is 0.574. The van der Waals surface area contributed by atoms with Crippen molar-refractivity contribution in [3.8, 4) is 5.75 Å². The first-order valence-corrected chi connectivity index (χ1v) is 8.56. The monoisotopic (exact) mass is 334 g/mol. The topological polar surface area (TPSA) is 34.5 Å². The van der Waals surface area contributed by atoms with E-state index in [0.29, 0.717) is 0 Å². The smallest absolute Gasteiger partial charge is 0.210 e. The summed E-state index contributed by atoms with van der Waals surface area (Å²) in [5, 5.41) is 1.18. The minimum absolute atomic E-state index is 0.119. The molecule has 0 spiro atoms. The first-order valence-electron chi connectivity index (χ1n) is 8.56. The van der Waals surface area contributed by atoms with Crippen LogP contribution in [0, 0.1) is 0 Å². The Morgan fingerprint density at radius 3 is 2.72 bits per heavy atom. The van der Waals surface area contributed by atoms with Crippen molar-refractivity contribution in [3.63, 3.8) is 0 Å². The molecule has 4 heteroatoms. The predicted octanol–water partition coefficient (Wildman–Crippen LogP) is 3.35. The average Bonchev–Trinajstić information content (AvgIpc) is 2.94. The Hall–Kier alpha value is -2.59. The van der Waals surface area contributed by atoms with Crippen molar-refractivity contribution in [1.29, 1.82) is 0 Å². The number of ether oxygens (including phenoxy) is 1. The summed E-state index contributed by atoms with van der Waals surface area (Å²) in [6.45, 7) is 1.70. The second-order valence-electron chi connectivity index (χ2n) is 6.83. The van der Waals surface area contributed by atoms with Crippen molar-refractivity contribution < 1.29 is 9.53 Å². The molecule has 0 saturated heterocycles. The highest BCUT2D eigenvalue weighted by atomic mass is 16.5. The lowest BCUT2D eigenvalue weighted by Crippen LogP contribution is -2.23. The van der Waals surface area contributed by atoms with Gasteiger partial charge in [0.2, 0.25) is 5.78 Å². The van der Waals surface area contributed by atoms with E-state index in [1.807, 2.05) is 30.3 Å². The molecule has 0 bridgehead atoms. The summed E-state index contributed by atoms with van der Waals surface area (Å²) in [6, 6.07) is 14.1. The lowest BCUT2D eigenvalue weighted by Gasteiger charge is -2.20. The minimum atomic E-state index is 0.119. The molecule has 0 amide bonds. The molecule has 25 heavy (non-hydrogen) atoms. The van der Waals surface area contributed by atoms with E-state index in [9.17, 15) is 4.79 Å². The van der Waals surface area contributed by atoms with Crippen molar-refractivity contribution in [2.75, 3.05) is 27.7 Å². The SMILES string of the molecule is COc1ccc2c(c1)Cc1c(n(CCN(C)C)c3ccccc13)C2=O. The van der Waals surface area contributed by atoms with Gasteiger partial charge in [-0.05, 0) is 49.5 Å². The van der Waals surface area contributed by atoms with E-state index in [2.05, 4.69) is 35.7 Å². The molecule has 2 aromatic carbocycles. The maximum absolute atomic E-state index is 13.3. The van der Waals surface area contributed by atoms with Gasteiger partial charge in [0.25, 0.3) is 0 Å². The lowest BCUT2D eigenvalue weighted by molar-refractivity contribution is 0.102. The average molecular weight is 334 g/mol. The fourth-order valence-electron chi connectivity index (χ4n) is 3.73. The van der Waals surface area contributed by atoms with Crippen LogP contribution in [0.4, 0.5) is 0 Å². The van der Waals surface area contributed by atoms with Gasteiger partial charge in [-0.15, -0.1) is 0 Å². The van der Waals surface area contributed by atoms with Gasteiger partial charge >= 0.3 is 0 Å². The fourth-order valence-corrected chi connectivity index (χ4v) is 3.73. The Morgan fingerprint density at radius 1 is 1.16 bits per heavy atom. The molecule has 0 saturated carbocycles. The van der Waals surface area contributed by atoms with Crippen LogP contribution in [-0.4, -0.2) is 43.0 Å². The Bertz CT molecular complexity index is 969. The van der Waals surface area contributed by atoms with E-state index in [0.717, 1.165) is 53.2 Å². The lowest BCUT2D eigenvalue weighted by atomic mass is 9.87. The number of hydrogen-bond acceptors (Lipinski definition) is 3. The third kappa shape index (κ3) is 2.53. The number of ketones is 1. The van der Waals surface area contributed by atoms with Crippen LogP contribution in [0.5, 0.6) is 5.75 Å². The summed E-state index contributed by atoms with van der Waals surface area (Å²) in [5.74, 6) is 0.917. The molecule has 3 aromatic rings. The number of nitrogens with zero attached hydrogens (tertiary/aromatic N) is 2. The van der Waals surface area contributed by atoms with Gasteiger partial charge in [-0.25, -0.2) is 0 Å². The molecular weight excluding hydrogens is 312 g/mol. The van der Waals surface area contributed by atoms with Crippen LogP contribution in [0.1, 0.15) is 27.2 Å². The van der Waals surface area contributed by atoms with Gasteiger partial charge in [0.05, 0.1) is 12.8 Å². The number of likely N-dealkylation sites (N-methyl/N-ethyl adjacent to an activating group) is 1. The molecule has 1 aromatic heterocycles. The normalized spacial score (nSPS) is 13.2. The fraction of sp³-hybridized carbons (Fsp3) is 0.286. The standard InChI is InChI=1S/C21H22N2O2/c1-22(2)10-11-23-19-7-5-4-6-17(19)18-13-14-12-15(25-3)8-9-16(14)21(24)20(18)23/h4-9,12H,10-11,13H2,1-3H3. The highest BCUT2D eigenvalue weighted by Crippen LogP contribution is 2.36. The highest BCUT2D eigenvalue weighted by Gasteiger charge is 2.30. The maximum Gasteiger partial charge on any atom is 0.210 e. The number of para-hydroxylation sites is 1. The second kappa shape index (κ2) is 6.05. The number of methoxy groups -OCH3 is 1. The summed E-state index contributed by atoms with van der Waals surface area (Å²) < 4.78 is 7.53. The molecule has 0 radical (unpaired) electrons. The Balaban J connectivity index is 1.91. The van der Waals surface area contributed by atoms with Crippen LogP contribution in [0.2, 0.25) is 0 Å². The Kier molecular flexibility index (Phi) is 3.85. The van der Waals surface area contributed by atoms with Gasteiger partial charge in [0.15, 0.2) is 0 Å². The molecule has 0 N–H and O–H groups in total. The minimum Gasteiger partial charge on any atom is -0.497 e. The Labute approximate surface area is 147 Å². The number of rotatable bonds is 4. The van der Waals surface area contributed by atoms with Gasteiger partial charge < -0.3 is 14.2 Å². The molecule has 0 unspecified atom stereocenters. The zero-order chi connectivity index (χ0) is 17.6. The number of carbonyl (C=O) groups is 1. The molecular formula is C21H22N2O2. The number of hydrogen-bond donors (Lipinski definition) is 0. The predicted molar refractivity (Wildman–Crippen MR) is 99.7 cm³/mol. The first kappa shape index (κ1) is 15.9. The molecule has 1 heterocycles. The summed E-state index contributed by atoms with van der Waals surface area (Å²) in [6.07, 6.45) is 0.767. The van der Waals surface area contributed by atoms with E-state index in [1.165, 1.54) is 5.39 Å². The summed E-state index contributed by atoms with van der Waals surface area (Å²) in [5.41, 5.74) is 4.97. The summed E-state index contributed by atoms with van der Waals surface area (Å²) in [4.78, 5) is 15.4. The van der Waals surface area contributed by atoms with E-state index in [1.54, 1.807) is 7.11 Å². The van der Waals surface area contributed by atoms with Gasteiger partial charge in [-0.1, -0.05) is 18.2 Å². The molecule has 0 fully saturated rings. The molecule has 0 atom stereocenters. The van der Waals surface area contributed by atoms with Gasteiger partial charge in [0, 0.05) is 36.0 Å². The highest BCUT2D eigenvalue weighted by molar-refractivity contribution is 6.14. The van der Waals surface area contributed by atoms with Crippen molar-refractivity contribution in [1.82, 2.24) is 9.47 Å². The third-order valence-electron chi connectivity index (χ3n) is 4.99. The van der Waals surface area contributed by atoms with Crippen LogP contribution in [0.15, 0.2) is 42.5 Å². The molecule has 1 aliphatic rings. The van der Waals surface area contributed by atoms with Crippen LogP contribution < -0.4 is 4.74 Å². The zero-order valence-corrected chi connectivity index (χ0v) is 14.9. The van der Waals surface area contributed by atoms with E-state index in [-0.39, 0.29) is 5.78 Å². The molecule has 128 valence electrons. The Morgan fingerprint density at radius 2 is 1.96 bits per heavy atom. The number of aromatic nitrogens is 1. The van der Waals surface area contributed by atoms with Gasteiger partial charge in [-0.3, -0.25) is 4.79 Å². The first-order chi connectivity index (χ1) is 12.1. The van der Waals surface area contributed by atoms with Crippen LogP contribution in [0.25, 0.3) is 10.9 Å². The zero-order valence-electron chi connectivity index (χ0n) is 14.9. The van der Waals surface area contributed by atoms with Crippen molar-refractivity contribution in [3.05, 3.63) is 64.8 Å². The van der Waals surface area contributed by atoms with Crippen LogP contribution in [-0.2, 0) is 13.0 Å². The van der Waals surface area contributed by atoms with Crippen molar-refractivity contribution in [2.24, 2.45) is 0 Å². The number of benzene rings is 2. The van der Waals surface area contributed by atoms with Crippen LogP contribution in [0.3, 0.4) is 0 Å². The van der Waals surface area contributed by atoms with E-state index in [4.69, 9.17) is 4.74 Å². The second-order valence-corrected chi connectivity index (χ2v) is 6.83. The van der Waals surface area contributed by atoms with Crippen molar-refractivity contribution >= 4 is 16.7 Å². The van der Waals surface area contributed by atoms with Gasteiger partial charge in [0.1, 0.15) is 5.75 Å². The van der Waals surface area contributed by atoms with E-state index < -0.39 is 0 Å². The molecule has 4 rings (SSSR count). The number of fused-ring (bicyclic) bond motifs is 4. The van der Waals surface area contributed by atoms with Crippen LogP contribution >= 0.6 is 0 Å². The van der Waals surface area contributed by atoms with Gasteiger partial charge in [-0.2, -0.15) is 0 Å². The molecule has 1 aliphatic carbocycles. The molecule has 0 aliphatic heterocycles. The summed E-state index contributed by atoms with van der Waals surface area (Å²) >= 11 is 0. The summed E-state index contributed by atoms with van der Waals surface area (Å²) in [7, 11) is 5.77. The largest absolute Gasteiger partial charge is 0.497 e. The maximum atomic E-state index is 13.3.